The maximum absolute atomic E-state index is 12.7. The summed E-state index contributed by atoms with van der Waals surface area (Å²) in [5, 5.41) is 10.8. The molecule has 1 unspecified atom stereocenters. The van der Waals surface area contributed by atoms with Gasteiger partial charge in [0.15, 0.2) is 0 Å². The van der Waals surface area contributed by atoms with Gasteiger partial charge in [0.05, 0.1) is 6.04 Å². The van der Waals surface area contributed by atoms with Crippen molar-refractivity contribution in [2.45, 2.75) is 25.7 Å². The van der Waals surface area contributed by atoms with Crippen molar-refractivity contribution in [2.24, 2.45) is 0 Å². The van der Waals surface area contributed by atoms with Crippen molar-refractivity contribution in [1.29, 1.82) is 0 Å². The smallest absolute Gasteiger partial charge is 0.475 e. The highest BCUT2D eigenvalue weighted by Gasteiger charge is 2.38. The van der Waals surface area contributed by atoms with Gasteiger partial charge in [-0.1, -0.05) is 48.0 Å². The van der Waals surface area contributed by atoms with E-state index in [0.717, 1.165) is 17.8 Å². The average molecular weight is 495 g/mol. The Balaban J connectivity index is 0.000000406. The Bertz CT molecular complexity index is 1200. The summed E-state index contributed by atoms with van der Waals surface area (Å²) in [7, 11) is 2.08. The standard InChI is InChI=1S/C21H21ClN4O.C2HF3O2/c1-13-19(25-20(24-13)14-7-5-8-16(22)10-14)21(27)23-11-18-17-9-4-3-6-15(17)12-26(18)2;3-2(4,5)1(6)7/h3-10,18H,11-12H2,1-2H3,(H,23,27)(H,24,25);(H,6,7). The maximum atomic E-state index is 12.7. The fourth-order valence-electron chi connectivity index (χ4n) is 3.61. The highest BCUT2D eigenvalue weighted by Crippen LogP contribution is 2.31. The van der Waals surface area contributed by atoms with Gasteiger partial charge < -0.3 is 15.4 Å². The number of aromatic amines is 1. The van der Waals surface area contributed by atoms with E-state index in [1.54, 1.807) is 0 Å². The SMILES string of the molecule is Cc1[nH]c(-c2cccc(Cl)c2)nc1C(=O)NCC1c2ccccc2CN1C.O=C(O)C(F)(F)F. The second-order valence-corrected chi connectivity index (χ2v) is 8.15. The second kappa shape index (κ2) is 10.3. The van der Waals surface area contributed by atoms with Gasteiger partial charge in [0, 0.05) is 29.4 Å². The molecule has 0 saturated heterocycles. The number of rotatable bonds is 4. The molecule has 0 spiro atoms. The molecule has 180 valence electrons. The number of aryl methyl sites for hydroxylation is 1. The predicted octanol–water partition coefficient (Wildman–Crippen LogP) is 4.59. The van der Waals surface area contributed by atoms with Crippen LogP contribution in [0.3, 0.4) is 0 Å². The number of carboxylic acid groups (broad SMARTS) is 1. The summed E-state index contributed by atoms with van der Waals surface area (Å²) in [4.78, 5) is 31.5. The topological polar surface area (TPSA) is 98.3 Å². The van der Waals surface area contributed by atoms with Crippen molar-refractivity contribution in [3.05, 3.63) is 76.1 Å². The quantitative estimate of drug-likeness (QED) is 0.493. The normalized spacial score (nSPS) is 15.3. The molecule has 2 aromatic carbocycles. The number of H-pyrrole nitrogens is 1. The van der Waals surface area contributed by atoms with Gasteiger partial charge in [0.1, 0.15) is 11.5 Å². The number of aromatic nitrogens is 2. The minimum atomic E-state index is -5.08. The summed E-state index contributed by atoms with van der Waals surface area (Å²) in [6, 6.07) is 16.0. The van der Waals surface area contributed by atoms with E-state index in [0.29, 0.717) is 23.1 Å². The zero-order valence-corrected chi connectivity index (χ0v) is 19.0. The van der Waals surface area contributed by atoms with Crippen molar-refractivity contribution in [3.63, 3.8) is 0 Å². The number of hydrogen-bond donors (Lipinski definition) is 3. The van der Waals surface area contributed by atoms with E-state index in [4.69, 9.17) is 21.5 Å². The Kier molecular flexibility index (Phi) is 7.63. The number of carbonyl (C=O) groups excluding carboxylic acids is 1. The van der Waals surface area contributed by atoms with E-state index >= 15 is 0 Å². The number of carboxylic acids is 1. The Morgan fingerprint density at radius 3 is 2.56 bits per heavy atom. The van der Waals surface area contributed by atoms with Crippen molar-refractivity contribution >= 4 is 23.5 Å². The molecular formula is C23H22ClF3N4O3. The van der Waals surface area contributed by atoms with Crippen LogP contribution < -0.4 is 5.32 Å². The first kappa shape index (κ1) is 25.3. The fourth-order valence-corrected chi connectivity index (χ4v) is 3.80. The molecule has 0 bridgehead atoms. The van der Waals surface area contributed by atoms with Gasteiger partial charge >= 0.3 is 12.1 Å². The predicted molar refractivity (Wildman–Crippen MR) is 120 cm³/mol. The van der Waals surface area contributed by atoms with Crippen LogP contribution in [-0.2, 0) is 11.3 Å². The first-order valence-electron chi connectivity index (χ1n) is 10.2. The van der Waals surface area contributed by atoms with Crippen LogP contribution in [0.5, 0.6) is 0 Å². The molecule has 1 amide bonds. The Morgan fingerprint density at radius 2 is 1.91 bits per heavy atom. The zero-order chi connectivity index (χ0) is 25.0. The number of nitrogens with one attached hydrogen (secondary N) is 2. The summed E-state index contributed by atoms with van der Waals surface area (Å²) >= 11 is 6.06. The number of amides is 1. The van der Waals surface area contributed by atoms with Crippen LogP contribution in [0.2, 0.25) is 5.02 Å². The van der Waals surface area contributed by atoms with Crippen LogP contribution in [-0.4, -0.2) is 51.6 Å². The van der Waals surface area contributed by atoms with Crippen LogP contribution >= 0.6 is 11.6 Å². The highest BCUT2D eigenvalue weighted by molar-refractivity contribution is 6.30. The van der Waals surface area contributed by atoms with Crippen molar-refractivity contribution in [2.75, 3.05) is 13.6 Å². The first-order valence-corrected chi connectivity index (χ1v) is 10.5. The van der Waals surface area contributed by atoms with E-state index in [9.17, 15) is 18.0 Å². The molecule has 0 fully saturated rings. The van der Waals surface area contributed by atoms with Gasteiger partial charge in [-0.25, -0.2) is 9.78 Å². The summed E-state index contributed by atoms with van der Waals surface area (Å²) in [5.41, 5.74) is 4.60. The van der Waals surface area contributed by atoms with Gasteiger partial charge in [-0.3, -0.25) is 9.69 Å². The molecule has 7 nitrogen and oxygen atoms in total. The highest BCUT2D eigenvalue weighted by atomic mass is 35.5. The van der Waals surface area contributed by atoms with E-state index in [1.807, 2.05) is 37.3 Å². The molecular weight excluding hydrogens is 473 g/mol. The lowest BCUT2D eigenvalue weighted by Gasteiger charge is -2.20. The molecule has 1 aromatic heterocycles. The Morgan fingerprint density at radius 1 is 1.24 bits per heavy atom. The lowest BCUT2D eigenvalue weighted by atomic mass is 10.1. The second-order valence-electron chi connectivity index (χ2n) is 7.71. The van der Waals surface area contributed by atoms with E-state index < -0.39 is 12.1 Å². The molecule has 4 rings (SSSR count). The molecule has 3 N–H and O–H groups in total. The minimum absolute atomic E-state index is 0.171. The van der Waals surface area contributed by atoms with Crippen molar-refractivity contribution in [1.82, 2.24) is 20.2 Å². The number of nitrogens with zero attached hydrogens (tertiary/aromatic N) is 2. The van der Waals surface area contributed by atoms with Crippen LogP contribution in [0.1, 0.15) is 33.4 Å². The molecule has 1 aliphatic rings. The van der Waals surface area contributed by atoms with Gasteiger partial charge in [-0.2, -0.15) is 13.2 Å². The largest absolute Gasteiger partial charge is 0.490 e. The Labute approximate surface area is 198 Å². The third-order valence-electron chi connectivity index (χ3n) is 5.26. The van der Waals surface area contributed by atoms with Gasteiger partial charge in [0.25, 0.3) is 5.91 Å². The van der Waals surface area contributed by atoms with Crippen LogP contribution in [0.25, 0.3) is 11.4 Å². The monoisotopic (exact) mass is 494 g/mol. The van der Waals surface area contributed by atoms with Gasteiger partial charge in [-0.15, -0.1) is 0 Å². The number of alkyl halides is 3. The number of hydrogen-bond acceptors (Lipinski definition) is 4. The average Bonchev–Trinajstić information content (AvgIpc) is 3.31. The molecule has 0 saturated carbocycles. The molecule has 0 aliphatic carbocycles. The van der Waals surface area contributed by atoms with E-state index in [1.165, 1.54) is 11.1 Å². The summed E-state index contributed by atoms with van der Waals surface area (Å²) in [5.74, 6) is -2.29. The number of aliphatic carboxylic acids is 1. The maximum Gasteiger partial charge on any atom is 0.490 e. The van der Waals surface area contributed by atoms with Crippen LogP contribution in [0, 0.1) is 6.92 Å². The number of imidazole rings is 1. The van der Waals surface area contributed by atoms with Crippen LogP contribution in [0.4, 0.5) is 13.2 Å². The molecule has 1 aliphatic heterocycles. The zero-order valence-electron chi connectivity index (χ0n) is 18.3. The Hall–Kier alpha value is -3.37. The number of likely N-dealkylation sites (N-methyl/N-ethyl adjacent to an activating group) is 1. The number of carbonyl (C=O) groups is 2. The molecule has 34 heavy (non-hydrogen) atoms. The number of halogens is 4. The lowest BCUT2D eigenvalue weighted by Crippen LogP contribution is -2.33. The summed E-state index contributed by atoms with van der Waals surface area (Å²) < 4.78 is 31.7. The summed E-state index contributed by atoms with van der Waals surface area (Å²) in [6.07, 6.45) is -5.08. The third-order valence-corrected chi connectivity index (χ3v) is 5.50. The number of fused-ring (bicyclic) bond motifs is 1. The van der Waals surface area contributed by atoms with Crippen molar-refractivity contribution in [3.8, 4) is 11.4 Å². The van der Waals surface area contributed by atoms with E-state index in [2.05, 4.69) is 45.4 Å². The molecule has 11 heteroatoms. The van der Waals surface area contributed by atoms with Gasteiger partial charge in [0.2, 0.25) is 0 Å². The third kappa shape index (κ3) is 5.95. The molecule has 3 aromatic rings. The fraction of sp³-hybridized carbons (Fsp3) is 0.261. The minimum Gasteiger partial charge on any atom is -0.475 e. The summed E-state index contributed by atoms with van der Waals surface area (Å²) in [6.45, 7) is 3.30. The molecule has 1 atom stereocenters. The van der Waals surface area contributed by atoms with E-state index in [-0.39, 0.29) is 11.9 Å². The van der Waals surface area contributed by atoms with Crippen LogP contribution in [0.15, 0.2) is 48.5 Å². The first-order chi connectivity index (χ1) is 16.0. The lowest BCUT2D eigenvalue weighted by molar-refractivity contribution is -0.192. The molecule has 2 heterocycles. The number of benzene rings is 2. The van der Waals surface area contributed by atoms with Gasteiger partial charge in [-0.05, 0) is 37.2 Å². The van der Waals surface area contributed by atoms with Crippen molar-refractivity contribution < 1.29 is 27.9 Å². The molecule has 0 radical (unpaired) electrons.